The summed E-state index contributed by atoms with van der Waals surface area (Å²) in [6, 6.07) is 4.23. The fourth-order valence-corrected chi connectivity index (χ4v) is 2.81. The Morgan fingerprint density at radius 1 is 1.05 bits per heavy atom. The molecule has 116 valence electrons. The third-order valence-electron chi connectivity index (χ3n) is 3.84. The van der Waals surface area contributed by atoms with E-state index in [-0.39, 0.29) is 5.69 Å². The summed E-state index contributed by atoms with van der Waals surface area (Å²) in [6.45, 7) is 9.32. The van der Waals surface area contributed by atoms with Crippen LogP contribution in [0.15, 0.2) is 16.9 Å². The van der Waals surface area contributed by atoms with Crippen molar-refractivity contribution in [3.63, 3.8) is 0 Å². The van der Waals surface area contributed by atoms with Crippen LogP contribution in [0.2, 0.25) is 0 Å². The van der Waals surface area contributed by atoms with E-state index in [4.69, 9.17) is 4.74 Å². The number of aromatic nitrogens is 2. The van der Waals surface area contributed by atoms with Gasteiger partial charge in [0.2, 0.25) is 0 Å². The zero-order valence-electron chi connectivity index (χ0n) is 13.6. The average Bonchev–Trinajstić information content (AvgIpc) is 2.74. The highest BCUT2D eigenvalue weighted by Gasteiger charge is 2.19. The van der Waals surface area contributed by atoms with E-state index in [1.165, 1.54) is 5.56 Å². The minimum Gasteiger partial charge on any atom is -0.378 e. The van der Waals surface area contributed by atoms with E-state index in [1.807, 2.05) is 27.9 Å². The van der Waals surface area contributed by atoms with Gasteiger partial charge < -0.3 is 9.64 Å². The van der Waals surface area contributed by atoms with E-state index in [0.29, 0.717) is 0 Å². The lowest BCUT2D eigenvalue weighted by Gasteiger charge is -2.29. The highest BCUT2D eigenvalue weighted by molar-refractivity contribution is 5.90. The summed E-state index contributed by atoms with van der Waals surface area (Å²) < 4.78 is 8.86. The number of aryl methyl sites for hydroxylation is 3. The Labute approximate surface area is 125 Å². The molecule has 0 N–H and O–H groups in total. The van der Waals surface area contributed by atoms with Crippen molar-refractivity contribution in [1.82, 2.24) is 9.13 Å². The second-order valence-corrected chi connectivity index (χ2v) is 5.15. The van der Waals surface area contributed by atoms with Gasteiger partial charge in [0, 0.05) is 27.2 Å². The van der Waals surface area contributed by atoms with Crippen LogP contribution >= 0.6 is 0 Å². The van der Waals surface area contributed by atoms with Gasteiger partial charge in [-0.1, -0.05) is 13.8 Å². The van der Waals surface area contributed by atoms with Crippen LogP contribution in [0.5, 0.6) is 0 Å². The predicted octanol–water partition coefficient (Wildman–Crippen LogP) is 2.05. The molecular formula is C16H25N3O2. The fraction of sp³-hybridized carbons (Fsp3) is 0.562. The van der Waals surface area contributed by atoms with Gasteiger partial charge in [-0.2, -0.15) is 0 Å². The number of morpholine rings is 1. The van der Waals surface area contributed by atoms with Crippen molar-refractivity contribution in [2.24, 2.45) is 14.1 Å². The molecule has 5 nitrogen and oxygen atoms in total. The van der Waals surface area contributed by atoms with Gasteiger partial charge in [-0.25, -0.2) is 4.79 Å². The molecule has 0 amide bonds. The minimum atomic E-state index is 0.0232. The molecule has 5 heteroatoms. The molecule has 1 fully saturated rings. The molecule has 1 aliphatic rings. The molecule has 3 rings (SSSR count). The maximum atomic E-state index is 12.1. The molecule has 0 unspecified atom stereocenters. The first-order chi connectivity index (χ1) is 10.1. The monoisotopic (exact) mass is 291 g/mol. The first-order valence-corrected chi connectivity index (χ1v) is 7.58. The number of ether oxygens (including phenoxy) is 1. The summed E-state index contributed by atoms with van der Waals surface area (Å²) >= 11 is 0. The van der Waals surface area contributed by atoms with Crippen LogP contribution < -0.4 is 10.6 Å². The Morgan fingerprint density at radius 3 is 2.29 bits per heavy atom. The van der Waals surface area contributed by atoms with Crippen molar-refractivity contribution < 1.29 is 4.74 Å². The molecule has 1 aromatic heterocycles. The number of rotatable bonds is 1. The predicted molar refractivity (Wildman–Crippen MR) is 87.3 cm³/mol. The van der Waals surface area contributed by atoms with E-state index >= 15 is 0 Å². The molecule has 0 saturated carbocycles. The van der Waals surface area contributed by atoms with Crippen LogP contribution in [-0.4, -0.2) is 35.4 Å². The molecule has 2 heterocycles. The van der Waals surface area contributed by atoms with Crippen molar-refractivity contribution in [2.45, 2.75) is 20.8 Å². The molecule has 0 radical (unpaired) electrons. The number of anilines is 1. The first-order valence-electron chi connectivity index (χ1n) is 7.58. The summed E-state index contributed by atoms with van der Waals surface area (Å²) in [5.74, 6) is 0. The highest BCUT2D eigenvalue weighted by atomic mass is 16.5. The molecule has 0 spiro atoms. The Kier molecular flexibility index (Phi) is 4.73. The second-order valence-electron chi connectivity index (χ2n) is 5.15. The standard InChI is InChI=1S/C14H19N3O2.C2H6/c1-10-8-11-13(16(3)14(18)15(11)2)12(9-10)17-4-6-19-7-5-17;1-2/h8-9H,4-7H2,1-3H3;1-2H3. The second kappa shape index (κ2) is 6.35. The van der Waals surface area contributed by atoms with E-state index in [1.54, 1.807) is 9.13 Å². The van der Waals surface area contributed by atoms with Crippen LogP contribution in [-0.2, 0) is 18.8 Å². The molecule has 1 aromatic carbocycles. The van der Waals surface area contributed by atoms with Crippen LogP contribution in [0.3, 0.4) is 0 Å². The SMILES string of the molecule is CC.Cc1cc(N2CCOCC2)c2c(c1)n(C)c(=O)n2C. The van der Waals surface area contributed by atoms with Gasteiger partial charge in [0.15, 0.2) is 0 Å². The number of hydrogen-bond acceptors (Lipinski definition) is 3. The lowest BCUT2D eigenvalue weighted by molar-refractivity contribution is 0.123. The maximum Gasteiger partial charge on any atom is 0.328 e. The minimum absolute atomic E-state index is 0.0232. The van der Waals surface area contributed by atoms with Crippen LogP contribution in [0.25, 0.3) is 11.0 Å². The number of benzene rings is 1. The summed E-state index contributed by atoms with van der Waals surface area (Å²) in [7, 11) is 3.66. The Morgan fingerprint density at radius 2 is 1.67 bits per heavy atom. The number of fused-ring (bicyclic) bond motifs is 1. The quantitative estimate of drug-likeness (QED) is 0.807. The van der Waals surface area contributed by atoms with Crippen molar-refractivity contribution in [3.05, 3.63) is 28.2 Å². The lowest BCUT2D eigenvalue weighted by Crippen LogP contribution is -2.36. The van der Waals surface area contributed by atoms with Gasteiger partial charge in [-0.05, 0) is 24.6 Å². The molecule has 1 aliphatic heterocycles. The maximum absolute atomic E-state index is 12.1. The van der Waals surface area contributed by atoms with Gasteiger partial charge in [0.1, 0.15) is 0 Å². The van der Waals surface area contributed by atoms with Gasteiger partial charge in [0.25, 0.3) is 0 Å². The highest BCUT2D eigenvalue weighted by Crippen LogP contribution is 2.28. The van der Waals surface area contributed by atoms with Crippen LogP contribution in [0, 0.1) is 6.92 Å². The zero-order valence-corrected chi connectivity index (χ0v) is 13.6. The van der Waals surface area contributed by atoms with E-state index in [2.05, 4.69) is 24.0 Å². The third-order valence-corrected chi connectivity index (χ3v) is 3.84. The van der Waals surface area contributed by atoms with Gasteiger partial charge in [0.05, 0.1) is 29.9 Å². The Hall–Kier alpha value is -1.75. The molecule has 0 atom stereocenters. The number of hydrogen-bond donors (Lipinski definition) is 0. The summed E-state index contributed by atoms with van der Waals surface area (Å²) in [6.07, 6.45) is 0. The first kappa shape index (κ1) is 15.6. The third kappa shape index (κ3) is 2.70. The topological polar surface area (TPSA) is 39.4 Å². The van der Waals surface area contributed by atoms with E-state index in [9.17, 15) is 4.79 Å². The fourth-order valence-electron chi connectivity index (χ4n) is 2.81. The van der Waals surface area contributed by atoms with Crippen molar-refractivity contribution in [3.8, 4) is 0 Å². The van der Waals surface area contributed by atoms with Crippen molar-refractivity contribution in [1.29, 1.82) is 0 Å². The molecule has 21 heavy (non-hydrogen) atoms. The number of imidazole rings is 1. The summed E-state index contributed by atoms with van der Waals surface area (Å²) in [4.78, 5) is 14.4. The van der Waals surface area contributed by atoms with Crippen LogP contribution in [0.4, 0.5) is 5.69 Å². The van der Waals surface area contributed by atoms with E-state index < -0.39 is 0 Å². The largest absolute Gasteiger partial charge is 0.378 e. The zero-order chi connectivity index (χ0) is 15.6. The van der Waals surface area contributed by atoms with Crippen molar-refractivity contribution in [2.75, 3.05) is 31.2 Å². The molecular weight excluding hydrogens is 266 g/mol. The smallest absolute Gasteiger partial charge is 0.328 e. The van der Waals surface area contributed by atoms with E-state index in [0.717, 1.165) is 43.0 Å². The van der Waals surface area contributed by atoms with Gasteiger partial charge >= 0.3 is 5.69 Å². The molecule has 0 bridgehead atoms. The van der Waals surface area contributed by atoms with Gasteiger partial charge in [-0.3, -0.25) is 9.13 Å². The number of nitrogens with zero attached hydrogens (tertiary/aromatic N) is 3. The molecule has 1 saturated heterocycles. The van der Waals surface area contributed by atoms with Crippen molar-refractivity contribution >= 4 is 16.7 Å². The summed E-state index contributed by atoms with van der Waals surface area (Å²) in [5.41, 5.74) is 4.35. The Balaban J connectivity index is 0.000000774. The molecule has 2 aromatic rings. The summed E-state index contributed by atoms with van der Waals surface area (Å²) in [5, 5.41) is 0. The average molecular weight is 291 g/mol. The normalized spacial score (nSPS) is 15.0. The van der Waals surface area contributed by atoms with Gasteiger partial charge in [-0.15, -0.1) is 0 Å². The molecule has 0 aliphatic carbocycles. The Bertz CT molecular complexity index is 679. The lowest BCUT2D eigenvalue weighted by atomic mass is 10.1. The van der Waals surface area contributed by atoms with Crippen LogP contribution in [0.1, 0.15) is 19.4 Å².